The molecule has 1 aliphatic rings. The average Bonchev–Trinajstić information content (AvgIpc) is 2.38. The molecule has 0 radical (unpaired) electrons. The number of aromatic nitrogens is 1. The first-order chi connectivity index (χ1) is 7.90. The Morgan fingerprint density at radius 1 is 1.50 bits per heavy atom. The van der Waals surface area contributed by atoms with Gasteiger partial charge in [0.1, 0.15) is 11.1 Å². The second-order valence-corrected chi connectivity index (χ2v) is 4.98. The van der Waals surface area contributed by atoms with Gasteiger partial charge in [0.15, 0.2) is 0 Å². The number of nitriles is 1. The van der Waals surface area contributed by atoms with Crippen molar-refractivity contribution in [2.75, 3.05) is 18.8 Å². The van der Waals surface area contributed by atoms with Gasteiger partial charge >= 0.3 is 0 Å². The summed E-state index contributed by atoms with van der Waals surface area (Å²) in [5, 5.41) is 13.2. The van der Waals surface area contributed by atoms with Crippen LogP contribution in [0.15, 0.2) is 23.4 Å². The summed E-state index contributed by atoms with van der Waals surface area (Å²) in [7, 11) is 0. The van der Waals surface area contributed by atoms with Crippen molar-refractivity contribution in [3.05, 3.63) is 23.9 Å². The van der Waals surface area contributed by atoms with Crippen molar-refractivity contribution >= 4 is 11.8 Å². The van der Waals surface area contributed by atoms with Crippen molar-refractivity contribution in [3.63, 3.8) is 0 Å². The minimum absolute atomic E-state index is 0.696. The Kier molecular flexibility index (Phi) is 4.20. The largest absolute Gasteiger partial charge is 0.317 e. The Bertz CT molecular complexity index is 380. The molecule has 1 saturated heterocycles. The highest BCUT2D eigenvalue weighted by atomic mass is 32.2. The number of hydrogen-bond donors (Lipinski definition) is 1. The van der Waals surface area contributed by atoms with Gasteiger partial charge in [-0.25, -0.2) is 4.98 Å². The molecule has 1 aromatic rings. The lowest BCUT2D eigenvalue weighted by Crippen LogP contribution is -2.28. The number of pyridine rings is 1. The molecule has 0 atom stereocenters. The Balaban J connectivity index is 1.91. The minimum Gasteiger partial charge on any atom is -0.317 e. The van der Waals surface area contributed by atoms with Crippen LogP contribution in [0.2, 0.25) is 0 Å². The van der Waals surface area contributed by atoms with E-state index in [1.54, 1.807) is 18.0 Å². The molecule has 16 heavy (non-hydrogen) atoms. The molecule has 2 heterocycles. The van der Waals surface area contributed by atoms with Crippen molar-refractivity contribution < 1.29 is 0 Å². The molecule has 1 aromatic heterocycles. The predicted octanol–water partition coefficient (Wildman–Crippen LogP) is 2.04. The first-order valence-electron chi connectivity index (χ1n) is 5.59. The van der Waals surface area contributed by atoms with Crippen LogP contribution in [0.4, 0.5) is 0 Å². The predicted molar refractivity (Wildman–Crippen MR) is 65.3 cm³/mol. The maximum Gasteiger partial charge on any atom is 0.114 e. The third-order valence-electron chi connectivity index (χ3n) is 2.81. The smallest absolute Gasteiger partial charge is 0.114 e. The van der Waals surface area contributed by atoms with Gasteiger partial charge in [-0.2, -0.15) is 5.26 Å². The number of hydrogen-bond acceptors (Lipinski definition) is 4. The van der Waals surface area contributed by atoms with Gasteiger partial charge < -0.3 is 5.32 Å². The van der Waals surface area contributed by atoms with Crippen molar-refractivity contribution in [2.45, 2.75) is 17.9 Å². The SMILES string of the molecule is N#Cc1cccnc1SCC1CCNCC1. The van der Waals surface area contributed by atoms with Gasteiger partial charge in [-0.3, -0.25) is 0 Å². The van der Waals surface area contributed by atoms with E-state index in [2.05, 4.69) is 16.4 Å². The molecule has 0 aromatic carbocycles. The van der Waals surface area contributed by atoms with Gasteiger partial charge in [0, 0.05) is 11.9 Å². The van der Waals surface area contributed by atoms with Gasteiger partial charge in [-0.1, -0.05) is 0 Å². The van der Waals surface area contributed by atoms with E-state index in [0.717, 1.165) is 29.8 Å². The monoisotopic (exact) mass is 233 g/mol. The van der Waals surface area contributed by atoms with Crippen molar-refractivity contribution in [1.29, 1.82) is 5.26 Å². The molecule has 0 bridgehead atoms. The maximum atomic E-state index is 8.94. The fourth-order valence-corrected chi connectivity index (χ4v) is 2.97. The van der Waals surface area contributed by atoms with E-state index in [1.807, 2.05) is 12.1 Å². The summed E-state index contributed by atoms with van der Waals surface area (Å²) in [6.07, 6.45) is 4.23. The summed E-state index contributed by atoms with van der Waals surface area (Å²) in [4.78, 5) is 4.26. The summed E-state index contributed by atoms with van der Waals surface area (Å²) >= 11 is 1.72. The Hall–Kier alpha value is -1.05. The molecular weight excluding hydrogens is 218 g/mol. The lowest BCUT2D eigenvalue weighted by atomic mass is 10.0. The zero-order chi connectivity index (χ0) is 11.2. The van der Waals surface area contributed by atoms with Crippen LogP contribution in [0.1, 0.15) is 18.4 Å². The fraction of sp³-hybridized carbons (Fsp3) is 0.500. The van der Waals surface area contributed by atoms with E-state index < -0.39 is 0 Å². The highest BCUT2D eigenvalue weighted by Gasteiger charge is 2.14. The van der Waals surface area contributed by atoms with E-state index in [-0.39, 0.29) is 0 Å². The molecule has 0 saturated carbocycles. The Morgan fingerprint density at radius 3 is 3.06 bits per heavy atom. The molecule has 4 heteroatoms. The molecule has 84 valence electrons. The summed E-state index contributed by atoms with van der Waals surface area (Å²) in [6.45, 7) is 2.25. The van der Waals surface area contributed by atoms with Crippen LogP contribution in [0.5, 0.6) is 0 Å². The van der Waals surface area contributed by atoms with Crippen molar-refractivity contribution in [2.24, 2.45) is 5.92 Å². The zero-order valence-electron chi connectivity index (χ0n) is 9.15. The van der Waals surface area contributed by atoms with Gasteiger partial charge in [-0.05, 0) is 44.0 Å². The van der Waals surface area contributed by atoms with Crippen molar-refractivity contribution in [1.82, 2.24) is 10.3 Å². The second-order valence-electron chi connectivity index (χ2n) is 3.97. The third-order valence-corrected chi connectivity index (χ3v) is 4.04. The Morgan fingerprint density at radius 2 is 2.31 bits per heavy atom. The molecule has 1 N–H and O–H groups in total. The minimum atomic E-state index is 0.696. The van der Waals surface area contributed by atoms with E-state index in [4.69, 9.17) is 5.26 Å². The third kappa shape index (κ3) is 2.97. The number of rotatable bonds is 3. The molecule has 0 unspecified atom stereocenters. The number of thioether (sulfide) groups is 1. The molecular formula is C12H15N3S. The van der Waals surface area contributed by atoms with Gasteiger partial charge in [-0.15, -0.1) is 11.8 Å². The number of piperidine rings is 1. The Labute approximate surface area is 100 Å². The van der Waals surface area contributed by atoms with Crippen LogP contribution in [0.3, 0.4) is 0 Å². The highest BCUT2D eigenvalue weighted by Crippen LogP contribution is 2.25. The highest BCUT2D eigenvalue weighted by molar-refractivity contribution is 7.99. The van der Waals surface area contributed by atoms with Crippen LogP contribution >= 0.6 is 11.8 Å². The summed E-state index contributed by atoms with van der Waals surface area (Å²) in [5.74, 6) is 1.84. The van der Waals surface area contributed by atoms with Crippen LogP contribution in [0, 0.1) is 17.2 Å². The molecule has 0 aliphatic carbocycles. The van der Waals surface area contributed by atoms with E-state index >= 15 is 0 Å². The topological polar surface area (TPSA) is 48.7 Å². The van der Waals surface area contributed by atoms with E-state index in [1.165, 1.54) is 12.8 Å². The van der Waals surface area contributed by atoms with Gasteiger partial charge in [0.05, 0.1) is 5.56 Å². The number of nitrogens with one attached hydrogen (secondary N) is 1. The second kappa shape index (κ2) is 5.88. The molecule has 1 aliphatic heterocycles. The zero-order valence-corrected chi connectivity index (χ0v) is 9.96. The lowest BCUT2D eigenvalue weighted by molar-refractivity contribution is 0.408. The van der Waals surface area contributed by atoms with E-state index in [9.17, 15) is 0 Å². The molecule has 0 spiro atoms. The van der Waals surface area contributed by atoms with Crippen LogP contribution in [-0.2, 0) is 0 Å². The van der Waals surface area contributed by atoms with Gasteiger partial charge in [0.2, 0.25) is 0 Å². The van der Waals surface area contributed by atoms with E-state index in [0.29, 0.717) is 5.56 Å². The molecule has 1 fully saturated rings. The quantitative estimate of drug-likeness (QED) is 0.812. The molecule has 2 rings (SSSR count). The molecule has 3 nitrogen and oxygen atoms in total. The number of nitrogens with zero attached hydrogens (tertiary/aromatic N) is 2. The first kappa shape index (κ1) is 11.4. The van der Waals surface area contributed by atoms with Crippen molar-refractivity contribution in [3.8, 4) is 6.07 Å². The van der Waals surface area contributed by atoms with Crippen LogP contribution in [0.25, 0.3) is 0 Å². The normalized spacial score (nSPS) is 16.9. The standard InChI is InChI=1S/C12H15N3S/c13-8-11-2-1-5-15-12(11)16-9-10-3-6-14-7-4-10/h1-2,5,10,14H,3-4,6-7,9H2. The molecule has 0 amide bonds. The lowest BCUT2D eigenvalue weighted by Gasteiger charge is -2.21. The average molecular weight is 233 g/mol. The van der Waals surface area contributed by atoms with Crippen LogP contribution < -0.4 is 5.32 Å². The van der Waals surface area contributed by atoms with Gasteiger partial charge in [0.25, 0.3) is 0 Å². The fourth-order valence-electron chi connectivity index (χ4n) is 1.84. The summed E-state index contributed by atoms with van der Waals surface area (Å²) < 4.78 is 0. The van der Waals surface area contributed by atoms with Crippen LogP contribution in [-0.4, -0.2) is 23.8 Å². The first-order valence-corrected chi connectivity index (χ1v) is 6.57. The maximum absolute atomic E-state index is 8.94. The summed E-state index contributed by atoms with van der Waals surface area (Å²) in [6, 6.07) is 5.83. The summed E-state index contributed by atoms with van der Waals surface area (Å²) in [5.41, 5.74) is 0.696.